The van der Waals surface area contributed by atoms with Crippen molar-refractivity contribution in [2.75, 3.05) is 11.9 Å². The fourth-order valence-electron chi connectivity index (χ4n) is 1.30. The minimum atomic E-state index is -0.536. The normalized spacial score (nSPS) is 14.2. The summed E-state index contributed by atoms with van der Waals surface area (Å²) in [6, 6.07) is 6.42. The van der Waals surface area contributed by atoms with E-state index in [0.717, 1.165) is 0 Å². The molecule has 1 aromatic carbocycles. The van der Waals surface area contributed by atoms with Crippen molar-refractivity contribution in [2.24, 2.45) is 0 Å². The van der Waals surface area contributed by atoms with Crippen molar-refractivity contribution in [3.63, 3.8) is 0 Å². The Morgan fingerprint density at radius 2 is 2.12 bits per heavy atom. The minimum absolute atomic E-state index is 0.0237. The molecule has 1 atom stereocenters. The molecule has 0 aliphatic heterocycles. The number of para-hydroxylation sites is 2. The van der Waals surface area contributed by atoms with Crippen LogP contribution in [-0.4, -0.2) is 22.2 Å². The largest absolute Gasteiger partial charge is 0.394 e. The number of rotatable bonds is 5. The van der Waals surface area contributed by atoms with Crippen molar-refractivity contribution in [2.45, 2.75) is 25.8 Å². The van der Waals surface area contributed by atoms with Crippen LogP contribution in [-0.2, 0) is 0 Å². The maximum absolute atomic E-state index is 10.8. The van der Waals surface area contributed by atoms with Crippen molar-refractivity contribution in [3.05, 3.63) is 34.4 Å². The van der Waals surface area contributed by atoms with Crippen LogP contribution in [0.15, 0.2) is 24.3 Å². The van der Waals surface area contributed by atoms with Crippen molar-refractivity contribution >= 4 is 11.4 Å². The molecule has 0 fully saturated rings. The first-order chi connectivity index (χ1) is 7.52. The van der Waals surface area contributed by atoms with E-state index in [0.29, 0.717) is 12.1 Å². The van der Waals surface area contributed by atoms with Crippen LogP contribution in [0, 0.1) is 10.1 Å². The Morgan fingerprint density at radius 3 is 2.62 bits per heavy atom. The summed E-state index contributed by atoms with van der Waals surface area (Å²) >= 11 is 0. The van der Waals surface area contributed by atoms with E-state index in [1.807, 2.05) is 13.8 Å². The van der Waals surface area contributed by atoms with E-state index in [9.17, 15) is 15.2 Å². The van der Waals surface area contributed by atoms with Gasteiger partial charge in [-0.2, -0.15) is 0 Å². The van der Waals surface area contributed by atoms with Gasteiger partial charge in [0, 0.05) is 6.07 Å². The van der Waals surface area contributed by atoms with Gasteiger partial charge in [0.05, 0.1) is 17.1 Å². The Hall–Kier alpha value is -1.62. The molecule has 0 heterocycles. The van der Waals surface area contributed by atoms with Crippen LogP contribution < -0.4 is 5.32 Å². The van der Waals surface area contributed by atoms with Crippen molar-refractivity contribution in [1.29, 1.82) is 0 Å². The lowest BCUT2D eigenvalue weighted by molar-refractivity contribution is -0.384. The second-order valence-corrected chi connectivity index (χ2v) is 3.97. The Labute approximate surface area is 94.3 Å². The zero-order chi connectivity index (χ0) is 12.2. The van der Waals surface area contributed by atoms with Crippen molar-refractivity contribution in [3.8, 4) is 0 Å². The summed E-state index contributed by atoms with van der Waals surface area (Å²) in [5.74, 6) is 0. The van der Waals surface area contributed by atoms with Crippen LogP contribution in [0.25, 0.3) is 0 Å². The lowest BCUT2D eigenvalue weighted by Crippen LogP contribution is -2.38. The van der Waals surface area contributed by atoms with Gasteiger partial charge in [-0.1, -0.05) is 19.1 Å². The van der Waals surface area contributed by atoms with Gasteiger partial charge in [0.15, 0.2) is 0 Å². The van der Waals surface area contributed by atoms with E-state index in [2.05, 4.69) is 5.32 Å². The van der Waals surface area contributed by atoms with Gasteiger partial charge in [0.25, 0.3) is 5.69 Å². The summed E-state index contributed by atoms with van der Waals surface area (Å²) in [6.07, 6.45) is 0.676. The Kier molecular flexibility index (Phi) is 3.84. The number of hydrogen-bond donors (Lipinski definition) is 2. The molecular formula is C11H16N2O3. The molecule has 16 heavy (non-hydrogen) atoms. The molecule has 0 aliphatic rings. The Bertz CT molecular complexity index is 375. The first-order valence-corrected chi connectivity index (χ1v) is 5.15. The summed E-state index contributed by atoms with van der Waals surface area (Å²) in [5.41, 5.74) is -0.0759. The molecule has 0 radical (unpaired) electrons. The highest BCUT2D eigenvalue weighted by molar-refractivity contribution is 5.62. The number of hydrogen-bond acceptors (Lipinski definition) is 4. The third-order valence-corrected chi connectivity index (χ3v) is 2.67. The third-order valence-electron chi connectivity index (χ3n) is 2.67. The number of benzene rings is 1. The number of nitro groups is 1. The van der Waals surface area contributed by atoms with E-state index in [1.165, 1.54) is 6.07 Å². The van der Waals surface area contributed by atoms with Crippen LogP contribution in [0.4, 0.5) is 11.4 Å². The fraction of sp³-hybridized carbons (Fsp3) is 0.455. The quantitative estimate of drug-likeness (QED) is 0.593. The predicted octanol–water partition coefficient (Wildman–Crippen LogP) is 2.17. The molecule has 0 amide bonds. The van der Waals surface area contributed by atoms with E-state index < -0.39 is 10.5 Å². The smallest absolute Gasteiger partial charge is 0.292 e. The van der Waals surface area contributed by atoms with Crippen LogP contribution in [0.2, 0.25) is 0 Å². The average molecular weight is 224 g/mol. The number of nitro benzene ring substituents is 1. The number of aliphatic hydroxyl groups excluding tert-OH is 1. The molecule has 0 saturated heterocycles. The summed E-state index contributed by atoms with van der Waals surface area (Å²) < 4.78 is 0. The van der Waals surface area contributed by atoms with Gasteiger partial charge in [0.2, 0.25) is 0 Å². The molecule has 1 unspecified atom stereocenters. The maximum Gasteiger partial charge on any atom is 0.292 e. The summed E-state index contributed by atoms with van der Waals surface area (Å²) in [5, 5.41) is 23.0. The van der Waals surface area contributed by atoms with Crippen molar-refractivity contribution in [1.82, 2.24) is 0 Å². The molecule has 0 aromatic heterocycles. The second-order valence-electron chi connectivity index (χ2n) is 3.97. The monoisotopic (exact) mass is 224 g/mol. The minimum Gasteiger partial charge on any atom is -0.394 e. The first-order valence-electron chi connectivity index (χ1n) is 5.15. The highest BCUT2D eigenvalue weighted by Crippen LogP contribution is 2.27. The molecule has 0 bridgehead atoms. The number of nitrogens with zero attached hydrogens (tertiary/aromatic N) is 1. The maximum atomic E-state index is 10.8. The predicted molar refractivity (Wildman–Crippen MR) is 62.5 cm³/mol. The van der Waals surface area contributed by atoms with Crippen LogP contribution in [0.5, 0.6) is 0 Å². The molecule has 1 rings (SSSR count). The fourth-order valence-corrected chi connectivity index (χ4v) is 1.30. The van der Waals surface area contributed by atoms with Gasteiger partial charge in [0.1, 0.15) is 5.69 Å². The van der Waals surface area contributed by atoms with Crippen LogP contribution in [0.3, 0.4) is 0 Å². The molecule has 0 saturated carbocycles. The zero-order valence-electron chi connectivity index (χ0n) is 9.43. The first kappa shape index (κ1) is 12.4. The topological polar surface area (TPSA) is 75.4 Å². The highest BCUT2D eigenvalue weighted by Gasteiger charge is 2.24. The van der Waals surface area contributed by atoms with E-state index >= 15 is 0 Å². The van der Waals surface area contributed by atoms with Gasteiger partial charge in [-0.3, -0.25) is 10.1 Å². The van der Waals surface area contributed by atoms with E-state index in [-0.39, 0.29) is 12.3 Å². The van der Waals surface area contributed by atoms with Gasteiger partial charge in [-0.15, -0.1) is 0 Å². The lowest BCUT2D eigenvalue weighted by Gasteiger charge is -2.28. The Balaban J connectivity index is 3.01. The summed E-state index contributed by atoms with van der Waals surface area (Å²) in [4.78, 5) is 10.4. The molecule has 1 aromatic rings. The van der Waals surface area contributed by atoms with Crippen LogP contribution >= 0.6 is 0 Å². The summed E-state index contributed by atoms with van der Waals surface area (Å²) in [7, 11) is 0. The number of nitrogens with one attached hydrogen (secondary N) is 1. The molecular weight excluding hydrogens is 208 g/mol. The standard InChI is InChI=1S/C11H16N2O3/c1-3-11(2,8-14)12-9-6-4-5-7-10(9)13(15)16/h4-7,12,14H,3,8H2,1-2H3. The molecule has 0 aliphatic carbocycles. The van der Waals surface area contributed by atoms with Crippen LogP contribution in [0.1, 0.15) is 20.3 Å². The molecule has 5 heteroatoms. The number of anilines is 1. The Morgan fingerprint density at radius 1 is 1.50 bits per heavy atom. The number of aliphatic hydroxyl groups is 1. The van der Waals surface area contributed by atoms with Gasteiger partial charge in [-0.05, 0) is 19.4 Å². The molecule has 5 nitrogen and oxygen atoms in total. The molecule has 88 valence electrons. The lowest BCUT2D eigenvalue weighted by atomic mass is 9.99. The van der Waals surface area contributed by atoms with Gasteiger partial charge >= 0.3 is 0 Å². The van der Waals surface area contributed by atoms with Gasteiger partial charge in [-0.25, -0.2) is 0 Å². The van der Waals surface area contributed by atoms with E-state index in [4.69, 9.17) is 0 Å². The van der Waals surface area contributed by atoms with Gasteiger partial charge < -0.3 is 10.4 Å². The highest BCUT2D eigenvalue weighted by atomic mass is 16.6. The zero-order valence-corrected chi connectivity index (χ0v) is 9.43. The average Bonchev–Trinajstić information content (AvgIpc) is 2.29. The molecule has 0 spiro atoms. The molecule has 2 N–H and O–H groups in total. The second kappa shape index (κ2) is 4.94. The third kappa shape index (κ3) is 2.70. The van der Waals surface area contributed by atoms with Crippen molar-refractivity contribution < 1.29 is 10.0 Å². The SMILES string of the molecule is CCC(C)(CO)Nc1ccccc1[N+](=O)[O-]. The summed E-state index contributed by atoms with van der Waals surface area (Å²) in [6.45, 7) is 3.66. The van der Waals surface area contributed by atoms with E-state index in [1.54, 1.807) is 18.2 Å².